The van der Waals surface area contributed by atoms with E-state index in [4.69, 9.17) is 0 Å². The van der Waals surface area contributed by atoms with Crippen LogP contribution in [-0.4, -0.2) is 29.6 Å². The third kappa shape index (κ3) is 4.14. The molecule has 1 heterocycles. The largest absolute Gasteiger partial charge is 0.371 e. The molecule has 1 atom stereocenters. The van der Waals surface area contributed by atoms with Crippen molar-refractivity contribution >= 4 is 11.6 Å². The first-order chi connectivity index (χ1) is 12.5. The average molecular weight is 349 g/mol. The zero-order chi connectivity index (χ0) is 18.5. The van der Waals surface area contributed by atoms with E-state index in [1.54, 1.807) is 12.1 Å². The van der Waals surface area contributed by atoms with Crippen molar-refractivity contribution in [2.45, 2.75) is 18.9 Å². The summed E-state index contributed by atoms with van der Waals surface area (Å²) in [6, 6.07) is 14.6. The summed E-state index contributed by atoms with van der Waals surface area (Å²) in [5.41, 5.74) is 2.04. The number of likely N-dealkylation sites (N-methyl/N-ethyl adjacent to an activating group) is 1. The molecule has 0 radical (unpaired) electrons. The summed E-state index contributed by atoms with van der Waals surface area (Å²) in [6.07, 6.45) is 6.29. The van der Waals surface area contributed by atoms with E-state index in [0.717, 1.165) is 5.70 Å². The van der Waals surface area contributed by atoms with Gasteiger partial charge in [0.05, 0.1) is 12.5 Å². The minimum atomic E-state index is -0.360. The van der Waals surface area contributed by atoms with E-state index in [0.29, 0.717) is 11.1 Å². The number of Topliss-reactive ketones (excluding diaryl/α,β-unsaturated/α-hetero) is 2. The number of carbonyl (C=O) groups is 2. The molecule has 0 fully saturated rings. The molecule has 1 aliphatic rings. The van der Waals surface area contributed by atoms with Gasteiger partial charge >= 0.3 is 0 Å². The van der Waals surface area contributed by atoms with Gasteiger partial charge in [-0.15, -0.1) is 0 Å². The van der Waals surface area contributed by atoms with Crippen molar-refractivity contribution in [2.75, 3.05) is 7.05 Å². The monoisotopic (exact) mass is 349 g/mol. The molecule has 3 rings (SSSR count). The molecule has 3 nitrogen and oxygen atoms in total. The normalized spacial score (nSPS) is 16.3. The number of carbonyl (C=O) groups excluding carboxylic acids is 2. The van der Waals surface area contributed by atoms with Crippen molar-refractivity contribution in [3.05, 3.63) is 95.5 Å². The van der Waals surface area contributed by atoms with Crippen molar-refractivity contribution in [2.24, 2.45) is 0 Å². The fourth-order valence-electron chi connectivity index (χ4n) is 2.98. The summed E-state index contributed by atoms with van der Waals surface area (Å²) < 4.78 is 13.0. The van der Waals surface area contributed by atoms with E-state index in [1.165, 1.54) is 24.3 Å². The molecule has 0 saturated heterocycles. The van der Waals surface area contributed by atoms with Gasteiger partial charge in [0.2, 0.25) is 0 Å². The maximum atomic E-state index is 13.0. The molecule has 0 N–H and O–H groups in total. The summed E-state index contributed by atoms with van der Waals surface area (Å²) >= 11 is 0. The minimum Gasteiger partial charge on any atom is -0.371 e. The van der Waals surface area contributed by atoms with Gasteiger partial charge < -0.3 is 4.90 Å². The third-order valence-electron chi connectivity index (χ3n) is 4.57. The second-order valence-corrected chi connectivity index (χ2v) is 6.32. The van der Waals surface area contributed by atoms with Gasteiger partial charge in [-0.05, 0) is 30.3 Å². The maximum Gasteiger partial charge on any atom is 0.168 e. The molecule has 0 aromatic heterocycles. The topological polar surface area (TPSA) is 37.4 Å². The van der Waals surface area contributed by atoms with Gasteiger partial charge in [-0.25, -0.2) is 4.39 Å². The van der Waals surface area contributed by atoms with Crippen LogP contribution in [0, 0.1) is 5.82 Å². The maximum absolute atomic E-state index is 13.0. The van der Waals surface area contributed by atoms with Crippen LogP contribution in [0.2, 0.25) is 0 Å². The molecule has 26 heavy (non-hydrogen) atoms. The van der Waals surface area contributed by atoms with E-state index in [9.17, 15) is 14.0 Å². The molecule has 0 saturated carbocycles. The Hall–Kier alpha value is -3.01. The van der Waals surface area contributed by atoms with Gasteiger partial charge in [0, 0.05) is 30.3 Å². The highest BCUT2D eigenvalue weighted by molar-refractivity contribution is 5.98. The Labute approximate surface area is 152 Å². The van der Waals surface area contributed by atoms with Crippen molar-refractivity contribution < 1.29 is 14.0 Å². The number of benzene rings is 2. The smallest absolute Gasteiger partial charge is 0.168 e. The lowest BCUT2D eigenvalue weighted by Gasteiger charge is -2.32. The standard InChI is InChI=1S/C22H20FNO2/c1-24-19(14-21(25)16-6-3-2-4-7-16)8-5-9-20(24)15-22(26)17-10-12-18(23)13-11-17/h2-13,20H,14-15H2,1H3. The fraction of sp³-hybridized carbons (Fsp3) is 0.182. The Morgan fingerprint density at radius 2 is 1.62 bits per heavy atom. The Morgan fingerprint density at radius 1 is 0.962 bits per heavy atom. The van der Waals surface area contributed by atoms with Gasteiger partial charge in [0.15, 0.2) is 11.6 Å². The molecule has 0 bridgehead atoms. The van der Waals surface area contributed by atoms with Gasteiger partial charge in [-0.1, -0.05) is 42.5 Å². The van der Waals surface area contributed by atoms with E-state index in [-0.39, 0.29) is 36.3 Å². The summed E-state index contributed by atoms with van der Waals surface area (Å²) in [6.45, 7) is 0. The van der Waals surface area contributed by atoms with Crippen LogP contribution in [0.4, 0.5) is 4.39 Å². The number of hydrogen-bond acceptors (Lipinski definition) is 3. The van der Waals surface area contributed by atoms with E-state index in [2.05, 4.69) is 0 Å². The molecule has 1 unspecified atom stereocenters. The minimum absolute atomic E-state index is 0.0441. The van der Waals surface area contributed by atoms with Crippen LogP contribution >= 0.6 is 0 Å². The quantitative estimate of drug-likeness (QED) is 0.724. The number of hydrogen-bond donors (Lipinski definition) is 0. The van der Waals surface area contributed by atoms with Crippen LogP contribution in [0.3, 0.4) is 0 Å². The summed E-state index contributed by atoms with van der Waals surface area (Å²) in [4.78, 5) is 26.9. The van der Waals surface area contributed by atoms with Crippen LogP contribution in [0.5, 0.6) is 0 Å². The SMILES string of the molecule is CN1C(CC(=O)c2ccccc2)=CC=CC1CC(=O)c1ccc(F)cc1. The number of ketones is 2. The molecule has 2 aromatic rings. The predicted molar refractivity (Wildman–Crippen MR) is 99.5 cm³/mol. The highest BCUT2D eigenvalue weighted by Crippen LogP contribution is 2.22. The van der Waals surface area contributed by atoms with Gasteiger partial charge in [0.25, 0.3) is 0 Å². The molecule has 0 amide bonds. The average Bonchev–Trinajstić information content (AvgIpc) is 2.66. The predicted octanol–water partition coefficient (Wildman–Crippen LogP) is 4.43. The van der Waals surface area contributed by atoms with Gasteiger partial charge in [-0.3, -0.25) is 9.59 Å². The molecule has 0 spiro atoms. The molecule has 0 aliphatic carbocycles. The van der Waals surface area contributed by atoms with Crippen molar-refractivity contribution in [3.63, 3.8) is 0 Å². The Kier molecular flexibility index (Phi) is 5.42. The lowest BCUT2D eigenvalue weighted by atomic mass is 9.98. The van der Waals surface area contributed by atoms with Gasteiger partial charge in [0.1, 0.15) is 5.82 Å². The van der Waals surface area contributed by atoms with Crippen LogP contribution in [0.25, 0.3) is 0 Å². The second-order valence-electron chi connectivity index (χ2n) is 6.32. The van der Waals surface area contributed by atoms with Crippen molar-refractivity contribution in [1.82, 2.24) is 4.90 Å². The number of rotatable bonds is 6. The van der Waals surface area contributed by atoms with E-state index in [1.807, 2.05) is 48.4 Å². The Balaban J connectivity index is 1.65. The van der Waals surface area contributed by atoms with Crippen LogP contribution in [-0.2, 0) is 0 Å². The summed E-state index contributed by atoms with van der Waals surface area (Å²) in [5.74, 6) is -0.370. The number of halogens is 1. The van der Waals surface area contributed by atoms with E-state index >= 15 is 0 Å². The van der Waals surface area contributed by atoms with Crippen LogP contribution < -0.4 is 0 Å². The van der Waals surface area contributed by atoms with Crippen molar-refractivity contribution in [1.29, 1.82) is 0 Å². The molecule has 132 valence electrons. The molecule has 1 aliphatic heterocycles. The molecule has 4 heteroatoms. The zero-order valence-corrected chi connectivity index (χ0v) is 14.6. The van der Waals surface area contributed by atoms with Crippen molar-refractivity contribution in [3.8, 4) is 0 Å². The van der Waals surface area contributed by atoms with Crippen LogP contribution in [0.1, 0.15) is 33.6 Å². The number of nitrogens with zero attached hydrogens (tertiary/aromatic N) is 1. The molecular formula is C22H20FNO2. The fourth-order valence-corrected chi connectivity index (χ4v) is 2.98. The lowest BCUT2D eigenvalue weighted by Crippen LogP contribution is -2.34. The summed E-state index contributed by atoms with van der Waals surface area (Å²) in [5, 5.41) is 0. The Morgan fingerprint density at radius 3 is 2.31 bits per heavy atom. The highest BCUT2D eigenvalue weighted by Gasteiger charge is 2.22. The second kappa shape index (κ2) is 7.91. The first kappa shape index (κ1) is 17.8. The number of allylic oxidation sites excluding steroid dienone is 3. The highest BCUT2D eigenvalue weighted by atomic mass is 19.1. The van der Waals surface area contributed by atoms with E-state index < -0.39 is 0 Å². The summed E-state index contributed by atoms with van der Waals surface area (Å²) in [7, 11) is 1.89. The molecular weight excluding hydrogens is 329 g/mol. The van der Waals surface area contributed by atoms with Gasteiger partial charge in [-0.2, -0.15) is 0 Å². The van der Waals surface area contributed by atoms with Crippen LogP contribution in [0.15, 0.2) is 78.5 Å². The zero-order valence-electron chi connectivity index (χ0n) is 14.6. The first-order valence-corrected chi connectivity index (χ1v) is 8.52. The first-order valence-electron chi connectivity index (χ1n) is 8.52. The lowest BCUT2D eigenvalue weighted by molar-refractivity contribution is 0.0954. The Bertz CT molecular complexity index is 853. The third-order valence-corrected chi connectivity index (χ3v) is 4.57. The molecule has 2 aromatic carbocycles.